The lowest BCUT2D eigenvalue weighted by molar-refractivity contribution is -0.133. The molecule has 1 aromatic carbocycles. The molecule has 1 amide bonds. The van der Waals surface area contributed by atoms with Gasteiger partial charge in [-0.1, -0.05) is 23.7 Å². The van der Waals surface area contributed by atoms with E-state index in [1.54, 1.807) is 0 Å². The van der Waals surface area contributed by atoms with Gasteiger partial charge in [0.1, 0.15) is 0 Å². The molecule has 21 heavy (non-hydrogen) atoms. The topological polar surface area (TPSA) is 49.0 Å². The Kier molecular flexibility index (Phi) is 3.00. The molecule has 0 unspecified atom stereocenters. The SMILES string of the molecule is O=C(C1CC1)N1CCc2[nH]nc(-c3ccc(Cl)cc3)c2C1. The predicted octanol–water partition coefficient (Wildman–Crippen LogP) is 3.02. The van der Waals surface area contributed by atoms with Gasteiger partial charge < -0.3 is 4.90 Å². The molecule has 1 saturated carbocycles. The number of amides is 1. The Morgan fingerprint density at radius 2 is 2.05 bits per heavy atom. The Morgan fingerprint density at radius 3 is 2.76 bits per heavy atom. The third-order valence-electron chi connectivity index (χ3n) is 4.29. The Labute approximate surface area is 128 Å². The van der Waals surface area contributed by atoms with Crippen molar-refractivity contribution < 1.29 is 4.79 Å². The van der Waals surface area contributed by atoms with E-state index in [4.69, 9.17) is 11.6 Å². The summed E-state index contributed by atoms with van der Waals surface area (Å²) in [6.07, 6.45) is 2.96. The van der Waals surface area contributed by atoms with Gasteiger partial charge in [-0.15, -0.1) is 0 Å². The second-order valence-electron chi connectivity index (χ2n) is 5.82. The lowest BCUT2D eigenvalue weighted by atomic mass is 10.0. The first-order valence-electron chi connectivity index (χ1n) is 7.33. The molecule has 1 N–H and O–H groups in total. The van der Waals surface area contributed by atoms with E-state index < -0.39 is 0 Å². The summed E-state index contributed by atoms with van der Waals surface area (Å²) in [5.74, 6) is 0.585. The number of aromatic nitrogens is 2. The number of carbonyl (C=O) groups is 1. The molecule has 2 aliphatic rings. The number of hydrogen-bond donors (Lipinski definition) is 1. The van der Waals surface area contributed by atoms with E-state index in [1.807, 2.05) is 29.2 Å². The molecule has 0 atom stereocenters. The first kappa shape index (κ1) is 12.9. The largest absolute Gasteiger partial charge is 0.338 e. The molecule has 0 spiro atoms. The van der Waals surface area contributed by atoms with Crippen LogP contribution >= 0.6 is 11.6 Å². The summed E-state index contributed by atoms with van der Waals surface area (Å²) in [7, 11) is 0. The molecule has 1 fully saturated rings. The van der Waals surface area contributed by atoms with E-state index in [-0.39, 0.29) is 5.92 Å². The molecular weight excluding hydrogens is 286 g/mol. The number of rotatable bonds is 2. The average Bonchev–Trinajstić information content (AvgIpc) is 3.27. The molecule has 0 radical (unpaired) electrons. The fraction of sp³-hybridized carbons (Fsp3) is 0.375. The van der Waals surface area contributed by atoms with Gasteiger partial charge in [-0.05, 0) is 25.0 Å². The van der Waals surface area contributed by atoms with Crippen LogP contribution in [0.2, 0.25) is 5.02 Å². The number of carbonyl (C=O) groups excluding carboxylic acids is 1. The van der Waals surface area contributed by atoms with Gasteiger partial charge in [-0.3, -0.25) is 9.89 Å². The fourth-order valence-electron chi connectivity index (χ4n) is 2.92. The molecule has 4 nitrogen and oxygen atoms in total. The number of hydrogen-bond acceptors (Lipinski definition) is 2. The predicted molar refractivity (Wildman–Crippen MR) is 80.9 cm³/mol. The number of nitrogens with one attached hydrogen (secondary N) is 1. The summed E-state index contributed by atoms with van der Waals surface area (Å²) in [6, 6.07) is 7.68. The molecule has 108 valence electrons. The minimum absolute atomic E-state index is 0.275. The highest BCUT2D eigenvalue weighted by Crippen LogP contribution is 2.34. The van der Waals surface area contributed by atoms with Gasteiger partial charge in [0.25, 0.3) is 0 Å². The van der Waals surface area contributed by atoms with E-state index in [0.29, 0.717) is 17.5 Å². The van der Waals surface area contributed by atoms with Crippen LogP contribution in [0.5, 0.6) is 0 Å². The quantitative estimate of drug-likeness (QED) is 0.927. The molecule has 4 rings (SSSR count). The number of aromatic amines is 1. The van der Waals surface area contributed by atoms with E-state index in [2.05, 4.69) is 10.2 Å². The van der Waals surface area contributed by atoms with Crippen molar-refractivity contribution in [2.75, 3.05) is 6.54 Å². The van der Waals surface area contributed by atoms with Gasteiger partial charge in [-0.2, -0.15) is 5.10 Å². The van der Waals surface area contributed by atoms with Crippen molar-refractivity contribution in [2.45, 2.75) is 25.8 Å². The fourth-order valence-corrected chi connectivity index (χ4v) is 3.04. The Balaban J connectivity index is 1.65. The first-order valence-corrected chi connectivity index (χ1v) is 7.71. The van der Waals surface area contributed by atoms with Gasteiger partial charge in [0, 0.05) is 47.3 Å². The van der Waals surface area contributed by atoms with Crippen LogP contribution in [-0.4, -0.2) is 27.5 Å². The molecule has 1 aromatic heterocycles. The van der Waals surface area contributed by atoms with Gasteiger partial charge in [-0.25, -0.2) is 0 Å². The van der Waals surface area contributed by atoms with Crippen LogP contribution in [0.3, 0.4) is 0 Å². The van der Waals surface area contributed by atoms with Crippen molar-refractivity contribution in [2.24, 2.45) is 5.92 Å². The standard InChI is InChI=1S/C16H16ClN3O/c17-12-5-3-10(4-6-12)15-13-9-20(16(21)11-1-2-11)8-7-14(13)18-19-15/h3-6,11H,1-2,7-9H2,(H,18,19). The summed E-state index contributed by atoms with van der Waals surface area (Å²) >= 11 is 5.94. The lowest BCUT2D eigenvalue weighted by Crippen LogP contribution is -2.36. The highest BCUT2D eigenvalue weighted by molar-refractivity contribution is 6.30. The Hall–Kier alpha value is -1.81. The van der Waals surface area contributed by atoms with Gasteiger partial charge in [0.05, 0.1) is 5.69 Å². The van der Waals surface area contributed by atoms with Crippen molar-refractivity contribution >= 4 is 17.5 Å². The summed E-state index contributed by atoms with van der Waals surface area (Å²) in [6.45, 7) is 1.46. The van der Waals surface area contributed by atoms with Crippen molar-refractivity contribution in [3.8, 4) is 11.3 Å². The number of fused-ring (bicyclic) bond motifs is 1. The Morgan fingerprint density at radius 1 is 1.29 bits per heavy atom. The second kappa shape index (κ2) is 4.88. The molecule has 5 heteroatoms. The monoisotopic (exact) mass is 301 g/mol. The first-order chi connectivity index (χ1) is 10.2. The van der Waals surface area contributed by atoms with Crippen LogP contribution in [0.15, 0.2) is 24.3 Å². The van der Waals surface area contributed by atoms with E-state index in [9.17, 15) is 4.79 Å². The molecule has 1 aliphatic heterocycles. The van der Waals surface area contributed by atoms with Crippen LogP contribution in [0.4, 0.5) is 0 Å². The highest BCUT2D eigenvalue weighted by atomic mass is 35.5. The second-order valence-corrected chi connectivity index (χ2v) is 6.26. The van der Waals surface area contributed by atoms with E-state index in [0.717, 1.165) is 48.3 Å². The summed E-state index contributed by atoms with van der Waals surface area (Å²) in [4.78, 5) is 14.2. The lowest BCUT2D eigenvalue weighted by Gasteiger charge is -2.27. The summed E-state index contributed by atoms with van der Waals surface area (Å²) < 4.78 is 0. The van der Waals surface area contributed by atoms with Crippen molar-refractivity contribution in [3.05, 3.63) is 40.5 Å². The molecule has 0 bridgehead atoms. The zero-order valence-corrected chi connectivity index (χ0v) is 12.4. The minimum atomic E-state index is 0.275. The van der Waals surface area contributed by atoms with Crippen molar-refractivity contribution in [1.82, 2.24) is 15.1 Å². The highest BCUT2D eigenvalue weighted by Gasteiger charge is 2.35. The summed E-state index contributed by atoms with van der Waals surface area (Å²) in [5, 5.41) is 8.29. The number of nitrogens with zero attached hydrogens (tertiary/aromatic N) is 2. The van der Waals surface area contributed by atoms with Gasteiger partial charge in [0.2, 0.25) is 5.91 Å². The maximum atomic E-state index is 12.3. The zero-order chi connectivity index (χ0) is 14.4. The Bertz CT molecular complexity index is 688. The van der Waals surface area contributed by atoms with Gasteiger partial charge in [0.15, 0.2) is 0 Å². The van der Waals surface area contributed by atoms with Crippen molar-refractivity contribution in [3.63, 3.8) is 0 Å². The van der Waals surface area contributed by atoms with Crippen LogP contribution in [-0.2, 0) is 17.8 Å². The number of benzene rings is 1. The van der Waals surface area contributed by atoms with Crippen LogP contribution < -0.4 is 0 Å². The molecule has 2 heterocycles. The van der Waals surface area contributed by atoms with Crippen molar-refractivity contribution in [1.29, 1.82) is 0 Å². The maximum Gasteiger partial charge on any atom is 0.225 e. The third-order valence-corrected chi connectivity index (χ3v) is 4.54. The maximum absolute atomic E-state index is 12.3. The smallest absolute Gasteiger partial charge is 0.225 e. The normalized spacial score (nSPS) is 17.7. The van der Waals surface area contributed by atoms with Gasteiger partial charge >= 0.3 is 0 Å². The number of H-pyrrole nitrogens is 1. The zero-order valence-electron chi connectivity index (χ0n) is 11.6. The third kappa shape index (κ3) is 2.33. The van der Waals surface area contributed by atoms with E-state index >= 15 is 0 Å². The molecule has 2 aromatic rings. The molecule has 0 saturated heterocycles. The molecular formula is C16H16ClN3O. The van der Waals surface area contributed by atoms with Crippen LogP contribution in [0.25, 0.3) is 11.3 Å². The van der Waals surface area contributed by atoms with Crippen LogP contribution in [0, 0.1) is 5.92 Å². The van der Waals surface area contributed by atoms with E-state index in [1.165, 1.54) is 0 Å². The number of halogens is 1. The molecule has 1 aliphatic carbocycles. The van der Waals surface area contributed by atoms with Crippen LogP contribution in [0.1, 0.15) is 24.1 Å². The average molecular weight is 302 g/mol. The minimum Gasteiger partial charge on any atom is -0.338 e. The summed E-state index contributed by atoms with van der Waals surface area (Å²) in [5.41, 5.74) is 4.28.